The Kier molecular flexibility index (Phi) is 2.94. The molecule has 0 amide bonds. The summed E-state index contributed by atoms with van der Waals surface area (Å²) in [4.78, 5) is 21.7. The number of rotatable bonds is 2. The van der Waals surface area contributed by atoms with Crippen LogP contribution in [0.1, 0.15) is 26.2 Å². The highest BCUT2D eigenvalue weighted by Gasteiger charge is 2.43. The van der Waals surface area contributed by atoms with E-state index in [2.05, 4.69) is 0 Å². The lowest BCUT2D eigenvalue weighted by molar-refractivity contribution is -0.136. The molecule has 0 spiro atoms. The molecule has 0 aromatic rings. The number of aliphatic carboxylic acids is 1. The number of hydrogen-bond donors (Lipinski definition) is 1. The molecule has 14 heavy (non-hydrogen) atoms. The summed E-state index contributed by atoms with van der Waals surface area (Å²) >= 11 is 0. The minimum Gasteiger partial charge on any atom is -0.480 e. The maximum absolute atomic E-state index is 11.6. The van der Waals surface area contributed by atoms with E-state index in [-0.39, 0.29) is 12.8 Å². The minimum atomic E-state index is -3.81. The fraction of sp³-hybridized carbons (Fsp3) is 0.750. The molecule has 0 aromatic carbocycles. The number of hydrogen-bond acceptors (Lipinski definition) is 4. The first-order valence-corrected chi connectivity index (χ1v) is 5.94. The van der Waals surface area contributed by atoms with Gasteiger partial charge in [0.05, 0.1) is 0 Å². The van der Waals surface area contributed by atoms with Gasteiger partial charge in [0.1, 0.15) is 11.0 Å². The Bertz CT molecular complexity index is 328. The summed E-state index contributed by atoms with van der Waals surface area (Å²) in [5.74, 6) is -1.81. The maximum atomic E-state index is 11.6. The number of carboxylic acids is 1. The zero-order valence-corrected chi connectivity index (χ0v) is 8.58. The number of Topliss-reactive ketones (excluding diaryl/α,β-unsaturated/α-hetero) is 1. The summed E-state index contributed by atoms with van der Waals surface area (Å²) in [7, 11) is -3.81. The largest absolute Gasteiger partial charge is 0.480 e. The second kappa shape index (κ2) is 3.68. The van der Waals surface area contributed by atoms with Gasteiger partial charge in [-0.15, -0.1) is 0 Å². The molecule has 1 saturated heterocycles. The molecule has 80 valence electrons. The van der Waals surface area contributed by atoms with Crippen molar-refractivity contribution in [2.45, 2.75) is 36.7 Å². The van der Waals surface area contributed by atoms with Gasteiger partial charge < -0.3 is 5.11 Å². The van der Waals surface area contributed by atoms with E-state index in [1.165, 1.54) is 6.92 Å². The van der Waals surface area contributed by atoms with E-state index in [0.29, 0.717) is 6.42 Å². The first-order valence-electron chi connectivity index (χ1n) is 4.33. The Morgan fingerprint density at radius 3 is 2.14 bits per heavy atom. The molecular weight excluding hydrogens is 208 g/mol. The van der Waals surface area contributed by atoms with Crippen LogP contribution in [-0.4, -0.2) is 35.8 Å². The van der Waals surface area contributed by atoms with Crippen molar-refractivity contribution in [1.82, 2.24) is 0 Å². The van der Waals surface area contributed by atoms with Gasteiger partial charge in [0.15, 0.2) is 15.1 Å². The van der Waals surface area contributed by atoms with Gasteiger partial charge in [-0.3, -0.25) is 9.59 Å². The fourth-order valence-corrected chi connectivity index (χ4v) is 3.84. The highest BCUT2D eigenvalue weighted by molar-refractivity contribution is 7.94. The summed E-state index contributed by atoms with van der Waals surface area (Å²) in [5, 5.41) is 6.17. The molecule has 1 aliphatic rings. The van der Waals surface area contributed by atoms with Crippen molar-refractivity contribution in [2.24, 2.45) is 0 Å². The van der Waals surface area contributed by atoms with Crippen molar-refractivity contribution in [3.63, 3.8) is 0 Å². The second-order valence-corrected chi connectivity index (χ2v) is 5.76. The second-order valence-electron chi connectivity index (χ2n) is 3.45. The normalized spacial score (nSPS) is 30.9. The fourth-order valence-electron chi connectivity index (χ4n) is 1.71. The van der Waals surface area contributed by atoms with Crippen molar-refractivity contribution >= 4 is 21.6 Å². The van der Waals surface area contributed by atoms with E-state index in [4.69, 9.17) is 5.11 Å². The Balaban J connectivity index is 3.06. The predicted octanol–water partition coefficient (Wildman–Crippen LogP) is -0.00410. The standard InChI is InChI=1S/C8H12O5S/c1-5(9)6-3-2-4-7(8(10)11)14(6,12)13/h6-7H,2-4H2,1H3,(H,10,11). The molecule has 2 unspecified atom stereocenters. The molecule has 6 heteroatoms. The zero-order valence-electron chi connectivity index (χ0n) is 7.76. The molecule has 0 aromatic heterocycles. The van der Waals surface area contributed by atoms with Crippen LogP contribution in [-0.2, 0) is 19.4 Å². The van der Waals surface area contributed by atoms with Gasteiger partial charge in [-0.1, -0.05) is 0 Å². The molecule has 2 atom stereocenters. The average molecular weight is 220 g/mol. The van der Waals surface area contributed by atoms with Crippen molar-refractivity contribution in [1.29, 1.82) is 0 Å². The number of carboxylic acid groups (broad SMARTS) is 1. The summed E-state index contributed by atoms with van der Waals surface area (Å²) in [6, 6.07) is 0. The van der Waals surface area contributed by atoms with E-state index in [0.717, 1.165) is 0 Å². The minimum absolute atomic E-state index is 0.113. The Morgan fingerprint density at radius 1 is 1.21 bits per heavy atom. The third-order valence-corrected chi connectivity index (χ3v) is 5.05. The summed E-state index contributed by atoms with van der Waals surface area (Å²) in [6.45, 7) is 1.19. The topological polar surface area (TPSA) is 88.5 Å². The third kappa shape index (κ3) is 1.79. The molecular formula is C8H12O5S. The SMILES string of the molecule is CC(=O)C1CCCC(C(=O)O)S1(=O)=O. The lowest BCUT2D eigenvalue weighted by Gasteiger charge is -2.24. The smallest absolute Gasteiger partial charge is 0.321 e. The van der Waals surface area contributed by atoms with Crippen LogP contribution >= 0.6 is 0 Å². The highest BCUT2D eigenvalue weighted by Crippen LogP contribution is 2.26. The Morgan fingerprint density at radius 2 is 1.71 bits per heavy atom. The number of sulfone groups is 1. The molecule has 0 radical (unpaired) electrons. The van der Waals surface area contributed by atoms with Crippen LogP contribution in [0.4, 0.5) is 0 Å². The van der Waals surface area contributed by atoms with Crippen molar-refractivity contribution in [2.75, 3.05) is 0 Å². The van der Waals surface area contributed by atoms with Gasteiger partial charge in [-0.2, -0.15) is 0 Å². The van der Waals surface area contributed by atoms with Gasteiger partial charge in [0.25, 0.3) is 0 Å². The third-order valence-electron chi connectivity index (χ3n) is 2.45. The molecule has 0 aliphatic carbocycles. The van der Waals surface area contributed by atoms with Crippen LogP contribution in [0.5, 0.6) is 0 Å². The quantitative estimate of drug-likeness (QED) is 0.707. The molecule has 1 heterocycles. The Hall–Kier alpha value is -0.910. The van der Waals surface area contributed by atoms with E-state index in [1.807, 2.05) is 0 Å². The van der Waals surface area contributed by atoms with E-state index in [1.54, 1.807) is 0 Å². The van der Waals surface area contributed by atoms with Crippen molar-refractivity contribution < 1.29 is 23.1 Å². The van der Waals surface area contributed by atoms with Crippen LogP contribution in [0.3, 0.4) is 0 Å². The van der Waals surface area contributed by atoms with E-state index in [9.17, 15) is 18.0 Å². The van der Waals surface area contributed by atoms with Crippen molar-refractivity contribution in [3.05, 3.63) is 0 Å². The Labute approximate surface area is 82.0 Å². The molecule has 1 aliphatic heterocycles. The number of ketones is 1. The molecule has 1 fully saturated rings. The zero-order chi connectivity index (χ0) is 10.9. The molecule has 1 N–H and O–H groups in total. The molecule has 5 nitrogen and oxygen atoms in total. The van der Waals surface area contributed by atoms with E-state index >= 15 is 0 Å². The monoisotopic (exact) mass is 220 g/mol. The number of carbonyl (C=O) groups is 2. The maximum Gasteiger partial charge on any atom is 0.321 e. The van der Waals surface area contributed by atoms with Crippen LogP contribution in [0.2, 0.25) is 0 Å². The van der Waals surface area contributed by atoms with Gasteiger partial charge in [-0.25, -0.2) is 8.42 Å². The van der Waals surface area contributed by atoms with Gasteiger partial charge in [0.2, 0.25) is 0 Å². The summed E-state index contributed by atoms with van der Waals surface area (Å²) in [6.07, 6.45) is 0.837. The lowest BCUT2D eigenvalue weighted by atomic mass is 10.1. The van der Waals surface area contributed by atoms with E-state index < -0.39 is 32.1 Å². The lowest BCUT2D eigenvalue weighted by Crippen LogP contribution is -2.44. The first kappa shape index (κ1) is 11.2. The van der Waals surface area contributed by atoms with Crippen LogP contribution in [0.15, 0.2) is 0 Å². The molecule has 0 bridgehead atoms. The number of carbonyl (C=O) groups excluding carboxylic acids is 1. The predicted molar refractivity (Wildman–Crippen MR) is 48.7 cm³/mol. The summed E-state index contributed by atoms with van der Waals surface area (Å²) in [5.41, 5.74) is 0. The van der Waals surface area contributed by atoms with Crippen LogP contribution in [0, 0.1) is 0 Å². The first-order chi connectivity index (χ1) is 6.37. The van der Waals surface area contributed by atoms with Crippen molar-refractivity contribution in [3.8, 4) is 0 Å². The summed E-state index contributed by atoms with van der Waals surface area (Å²) < 4.78 is 23.2. The van der Waals surface area contributed by atoms with Crippen LogP contribution < -0.4 is 0 Å². The van der Waals surface area contributed by atoms with Gasteiger partial charge >= 0.3 is 5.97 Å². The molecule has 1 rings (SSSR count). The average Bonchev–Trinajstić information content (AvgIpc) is 2.01. The molecule has 0 saturated carbocycles. The van der Waals surface area contributed by atoms with Crippen LogP contribution in [0.25, 0.3) is 0 Å². The van der Waals surface area contributed by atoms with Gasteiger partial charge in [-0.05, 0) is 26.2 Å². The van der Waals surface area contributed by atoms with Gasteiger partial charge in [0, 0.05) is 0 Å². The highest BCUT2D eigenvalue weighted by atomic mass is 32.2.